The molecule has 0 saturated carbocycles. The van der Waals surface area contributed by atoms with Crippen molar-refractivity contribution in [2.75, 3.05) is 0 Å². The molecule has 0 spiro atoms. The highest BCUT2D eigenvalue weighted by atomic mass is 19.1. The predicted molar refractivity (Wildman–Crippen MR) is 83.8 cm³/mol. The van der Waals surface area contributed by atoms with E-state index in [1.807, 2.05) is 40.7 Å². The zero-order chi connectivity index (χ0) is 16.8. The molecule has 0 N–H and O–H groups in total. The molecular formula is C16H18FN5O. The smallest absolute Gasteiger partial charge is 0.250 e. The first-order valence-electron chi connectivity index (χ1n) is 7.29. The number of aryl methyl sites for hydroxylation is 2. The van der Waals surface area contributed by atoms with Crippen molar-refractivity contribution in [3.63, 3.8) is 0 Å². The predicted octanol–water partition coefficient (Wildman–Crippen LogP) is 3.12. The summed E-state index contributed by atoms with van der Waals surface area (Å²) in [6, 6.07) is 3.24. The molecule has 0 radical (unpaired) electrons. The summed E-state index contributed by atoms with van der Waals surface area (Å²) >= 11 is 0. The van der Waals surface area contributed by atoms with Crippen LogP contribution in [0, 0.1) is 19.7 Å². The SMILES string of the molecule is Cc1cc2nnc(C)n2nc1-c1cnc(OC(C)(C)C)c(F)c1. The van der Waals surface area contributed by atoms with E-state index in [9.17, 15) is 4.39 Å². The second kappa shape index (κ2) is 5.26. The van der Waals surface area contributed by atoms with Gasteiger partial charge in [0, 0.05) is 11.8 Å². The quantitative estimate of drug-likeness (QED) is 0.727. The van der Waals surface area contributed by atoms with Gasteiger partial charge in [-0.2, -0.15) is 9.61 Å². The zero-order valence-electron chi connectivity index (χ0n) is 13.8. The minimum atomic E-state index is -0.515. The summed E-state index contributed by atoms with van der Waals surface area (Å²) in [7, 11) is 0. The normalized spacial score (nSPS) is 11.9. The summed E-state index contributed by atoms with van der Waals surface area (Å²) < 4.78 is 21.4. The van der Waals surface area contributed by atoms with Gasteiger partial charge in [-0.05, 0) is 52.3 Å². The maximum atomic E-state index is 14.3. The molecule has 0 aliphatic heterocycles. The molecule has 0 saturated heterocycles. The summed E-state index contributed by atoms with van der Waals surface area (Å²) in [5.74, 6) is 0.141. The minimum Gasteiger partial charge on any atom is -0.470 e. The second-order valence-corrected chi connectivity index (χ2v) is 6.42. The standard InChI is InChI=1S/C16H18FN5O/c1-9-6-13-20-19-10(2)22(13)21-14(9)11-7-12(17)15(18-8-11)23-16(3,4)5/h6-8H,1-5H3. The van der Waals surface area contributed by atoms with Crippen LogP contribution >= 0.6 is 0 Å². The Hall–Kier alpha value is -2.57. The Morgan fingerprint density at radius 2 is 1.87 bits per heavy atom. The zero-order valence-corrected chi connectivity index (χ0v) is 13.8. The van der Waals surface area contributed by atoms with Crippen molar-refractivity contribution in [2.45, 2.75) is 40.2 Å². The van der Waals surface area contributed by atoms with Gasteiger partial charge in [0.1, 0.15) is 5.60 Å². The van der Waals surface area contributed by atoms with Crippen LogP contribution in [0.5, 0.6) is 5.88 Å². The number of fused-ring (bicyclic) bond motifs is 1. The summed E-state index contributed by atoms with van der Waals surface area (Å²) in [5, 5.41) is 12.5. The lowest BCUT2D eigenvalue weighted by atomic mass is 10.1. The topological polar surface area (TPSA) is 65.2 Å². The highest BCUT2D eigenvalue weighted by Gasteiger charge is 2.18. The Morgan fingerprint density at radius 3 is 2.52 bits per heavy atom. The van der Waals surface area contributed by atoms with Crippen molar-refractivity contribution >= 4 is 5.65 Å². The van der Waals surface area contributed by atoms with Crippen molar-refractivity contribution in [3.8, 4) is 17.1 Å². The van der Waals surface area contributed by atoms with Crippen molar-refractivity contribution < 1.29 is 9.13 Å². The highest BCUT2D eigenvalue weighted by Crippen LogP contribution is 2.26. The van der Waals surface area contributed by atoms with Crippen LogP contribution in [0.3, 0.4) is 0 Å². The summed E-state index contributed by atoms with van der Waals surface area (Å²) in [5.41, 5.74) is 2.23. The number of nitrogens with zero attached hydrogens (tertiary/aromatic N) is 5. The van der Waals surface area contributed by atoms with Gasteiger partial charge < -0.3 is 4.74 Å². The third kappa shape index (κ3) is 2.99. The maximum Gasteiger partial charge on any atom is 0.250 e. The fourth-order valence-electron chi connectivity index (χ4n) is 2.23. The van der Waals surface area contributed by atoms with Gasteiger partial charge in [-0.1, -0.05) is 0 Å². The second-order valence-electron chi connectivity index (χ2n) is 6.42. The maximum absolute atomic E-state index is 14.3. The Bertz CT molecular complexity index is 882. The minimum absolute atomic E-state index is 0.0135. The summed E-state index contributed by atoms with van der Waals surface area (Å²) in [6.45, 7) is 9.23. The molecule has 7 heteroatoms. The molecule has 0 amide bonds. The fraction of sp³-hybridized carbons (Fsp3) is 0.375. The molecular weight excluding hydrogens is 297 g/mol. The van der Waals surface area contributed by atoms with Gasteiger partial charge in [-0.3, -0.25) is 0 Å². The van der Waals surface area contributed by atoms with Crippen molar-refractivity contribution in [2.24, 2.45) is 0 Å². The average Bonchev–Trinajstić information content (AvgIpc) is 2.80. The number of hydrogen-bond acceptors (Lipinski definition) is 5. The monoisotopic (exact) mass is 315 g/mol. The molecule has 0 aliphatic carbocycles. The third-order valence-corrected chi connectivity index (χ3v) is 3.22. The first-order valence-corrected chi connectivity index (χ1v) is 7.29. The van der Waals surface area contributed by atoms with E-state index in [4.69, 9.17) is 4.74 Å². The van der Waals surface area contributed by atoms with E-state index < -0.39 is 11.4 Å². The first kappa shape index (κ1) is 15.3. The molecule has 3 heterocycles. The molecule has 0 aromatic carbocycles. The van der Waals surface area contributed by atoms with Gasteiger partial charge in [0.25, 0.3) is 5.88 Å². The lowest BCUT2D eigenvalue weighted by Gasteiger charge is -2.20. The molecule has 0 bridgehead atoms. The molecule has 6 nitrogen and oxygen atoms in total. The lowest BCUT2D eigenvalue weighted by Crippen LogP contribution is -2.24. The van der Waals surface area contributed by atoms with E-state index in [0.717, 1.165) is 5.56 Å². The van der Waals surface area contributed by atoms with Crippen LogP contribution < -0.4 is 4.74 Å². The number of halogens is 1. The van der Waals surface area contributed by atoms with Crippen LogP contribution in [0.25, 0.3) is 16.9 Å². The van der Waals surface area contributed by atoms with Gasteiger partial charge in [0.05, 0.1) is 5.69 Å². The number of aromatic nitrogens is 5. The van der Waals surface area contributed by atoms with Crippen molar-refractivity contribution in [1.29, 1.82) is 0 Å². The van der Waals surface area contributed by atoms with E-state index in [-0.39, 0.29) is 5.88 Å². The lowest BCUT2D eigenvalue weighted by molar-refractivity contribution is 0.117. The number of pyridine rings is 1. The molecule has 3 rings (SSSR count). The van der Waals surface area contributed by atoms with Crippen LogP contribution in [0.4, 0.5) is 4.39 Å². The van der Waals surface area contributed by atoms with E-state index in [1.54, 1.807) is 10.7 Å². The largest absolute Gasteiger partial charge is 0.470 e. The Morgan fingerprint density at radius 1 is 1.13 bits per heavy atom. The first-order chi connectivity index (χ1) is 10.7. The van der Waals surface area contributed by atoms with Gasteiger partial charge >= 0.3 is 0 Å². The number of ether oxygens (including phenoxy) is 1. The molecule has 0 unspecified atom stereocenters. The Balaban J connectivity index is 2.06. The summed E-state index contributed by atoms with van der Waals surface area (Å²) in [4.78, 5) is 4.09. The third-order valence-electron chi connectivity index (χ3n) is 3.22. The van der Waals surface area contributed by atoms with Crippen molar-refractivity contribution in [1.82, 2.24) is 24.8 Å². The molecule has 23 heavy (non-hydrogen) atoms. The average molecular weight is 315 g/mol. The molecule has 0 atom stereocenters. The van der Waals surface area contributed by atoms with Gasteiger partial charge in [-0.15, -0.1) is 10.2 Å². The Labute approximate surface area is 133 Å². The van der Waals surface area contributed by atoms with Gasteiger partial charge in [0.15, 0.2) is 17.3 Å². The van der Waals surface area contributed by atoms with E-state index in [2.05, 4.69) is 20.3 Å². The molecule has 3 aromatic rings. The van der Waals surface area contributed by atoms with Crippen LogP contribution in [0.15, 0.2) is 18.3 Å². The highest BCUT2D eigenvalue weighted by molar-refractivity contribution is 5.64. The van der Waals surface area contributed by atoms with E-state index >= 15 is 0 Å². The van der Waals surface area contributed by atoms with E-state index in [0.29, 0.717) is 22.7 Å². The van der Waals surface area contributed by atoms with Gasteiger partial charge in [-0.25, -0.2) is 9.37 Å². The van der Waals surface area contributed by atoms with Crippen molar-refractivity contribution in [3.05, 3.63) is 35.5 Å². The van der Waals surface area contributed by atoms with Gasteiger partial charge in [0.2, 0.25) is 0 Å². The van der Waals surface area contributed by atoms with Crippen LogP contribution in [-0.4, -0.2) is 30.4 Å². The molecule has 120 valence electrons. The molecule has 3 aromatic heterocycles. The van der Waals surface area contributed by atoms with Crippen LogP contribution in [0.2, 0.25) is 0 Å². The summed E-state index contributed by atoms with van der Waals surface area (Å²) in [6.07, 6.45) is 1.56. The fourth-order valence-corrected chi connectivity index (χ4v) is 2.23. The number of rotatable bonds is 2. The number of hydrogen-bond donors (Lipinski definition) is 0. The Kier molecular flexibility index (Phi) is 3.50. The molecule has 0 aliphatic rings. The molecule has 0 fully saturated rings. The van der Waals surface area contributed by atoms with E-state index in [1.165, 1.54) is 6.07 Å². The van der Waals surface area contributed by atoms with Crippen LogP contribution in [0.1, 0.15) is 32.2 Å². The van der Waals surface area contributed by atoms with Crippen LogP contribution in [-0.2, 0) is 0 Å².